The average Bonchev–Trinajstić information content (AvgIpc) is 2.81. The maximum atomic E-state index is 14.4. The maximum absolute atomic E-state index is 14.4. The third-order valence-corrected chi connectivity index (χ3v) is 7.22. The molecular formula is C29H34FNO2. The van der Waals surface area contributed by atoms with Gasteiger partial charge in [-0.2, -0.15) is 0 Å². The highest BCUT2D eigenvalue weighted by atomic mass is 19.1. The second-order valence-electron chi connectivity index (χ2n) is 9.50. The molecule has 33 heavy (non-hydrogen) atoms. The number of methoxy groups -OCH3 is 1. The van der Waals surface area contributed by atoms with Gasteiger partial charge in [0.25, 0.3) is 0 Å². The van der Waals surface area contributed by atoms with Gasteiger partial charge in [0.2, 0.25) is 0 Å². The van der Waals surface area contributed by atoms with E-state index in [-0.39, 0.29) is 17.8 Å². The van der Waals surface area contributed by atoms with Crippen molar-refractivity contribution >= 4 is 0 Å². The molecule has 0 spiro atoms. The summed E-state index contributed by atoms with van der Waals surface area (Å²) in [6, 6.07) is 16.9. The molecule has 174 valence electrons. The summed E-state index contributed by atoms with van der Waals surface area (Å²) in [6.45, 7) is 11.6. The number of aryl methyl sites for hydroxylation is 1. The number of ether oxygens (including phenoxy) is 1. The van der Waals surface area contributed by atoms with Crippen molar-refractivity contribution in [3.8, 4) is 22.6 Å². The molecule has 0 radical (unpaired) electrons. The van der Waals surface area contributed by atoms with Crippen LogP contribution < -0.4 is 4.74 Å². The number of benzene rings is 3. The van der Waals surface area contributed by atoms with Gasteiger partial charge in [0.05, 0.1) is 7.11 Å². The second kappa shape index (κ2) is 9.18. The lowest BCUT2D eigenvalue weighted by molar-refractivity contribution is 0.144. The number of phenols is 1. The van der Waals surface area contributed by atoms with Crippen LogP contribution >= 0.6 is 0 Å². The molecule has 3 aromatic rings. The monoisotopic (exact) mass is 447 g/mol. The van der Waals surface area contributed by atoms with Gasteiger partial charge in [0.1, 0.15) is 5.75 Å². The van der Waals surface area contributed by atoms with E-state index in [1.165, 1.54) is 28.3 Å². The summed E-state index contributed by atoms with van der Waals surface area (Å²) in [5, 5.41) is 9.92. The molecule has 0 amide bonds. The fraction of sp³-hybridized carbons (Fsp3) is 0.379. The van der Waals surface area contributed by atoms with Crippen LogP contribution in [0.3, 0.4) is 0 Å². The molecule has 0 fully saturated rings. The van der Waals surface area contributed by atoms with Crippen molar-refractivity contribution in [1.82, 2.24) is 4.90 Å². The number of fused-ring (bicyclic) bond motifs is 1. The Morgan fingerprint density at radius 2 is 1.70 bits per heavy atom. The van der Waals surface area contributed by atoms with Crippen LogP contribution in [0.2, 0.25) is 0 Å². The Bertz CT molecular complexity index is 1130. The summed E-state index contributed by atoms with van der Waals surface area (Å²) in [6.07, 6.45) is 0.849. The molecule has 0 aromatic heterocycles. The van der Waals surface area contributed by atoms with E-state index in [4.69, 9.17) is 4.74 Å². The lowest BCUT2D eigenvalue weighted by Gasteiger charge is -2.40. The van der Waals surface area contributed by atoms with Gasteiger partial charge in [-0.15, -0.1) is 0 Å². The number of phenolic OH excluding ortho intramolecular Hbond substituents is 1. The van der Waals surface area contributed by atoms with Gasteiger partial charge in [-0.25, -0.2) is 4.39 Å². The Kier molecular flexibility index (Phi) is 6.49. The minimum atomic E-state index is -0.603. The Labute approximate surface area is 196 Å². The van der Waals surface area contributed by atoms with Crippen LogP contribution in [0.15, 0.2) is 48.5 Å². The van der Waals surface area contributed by atoms with Crippen molar-refractivity contribution in [2.24, 2.45) is 0 Å². The van der Waals surface area contributed by atoms with E-state index in [0.717, 1.165) is 29.8 Å². The summed E-state index contributed by atoms with van der Waals surface area (Å²) >= 11 is 0. The lowest BCUT2D eigenvalue weighted by atomic mass is 9.85. The third kappa shape index (κ3) is 4.24. The first-order valence-corrected chi connectivity index (χ1v) is 11.8. The molecule has 1 aliphatic heterocycles. The van der Waals surface area contributed by atoms with E-state index < -0.39 is 5.82 Å². The zero-order chi connectivity index (χ0) is 23.9. The van der Waals surface area contributed by atoms with Crippen molar-refractivity contribution in [2.75, 3.05) is 13.7 Å². The van der Waals surface area contributed by atoms with Crippen LogP contribution in [0.1, 0.15) is 73.5 Å². The van der Waals surface area contributed by atoms with Crippen LogP contribution in [0, 0.1) is 12.7 Å². The Balaban J connectivity index is 1.72. The van der Waals surface area contributed by atoms with Crippen LogP contribution in [0.25, 0.3) is 11.1 Å². The molecule has 2 unspecified atom stereocenters. The van der Waals surface area contributed by atoms with Crippen LogP contribution in [-0.2, 0) is 6.42 Å². The van der Waals surface area contributed by atoms with Crippen molar-refractivity contribution in [1.29, 1.82) is 0 Å². The summed E-state index contributed by atoms with van der Waals surface area (Å²) in [5.74, 6) is 0.362. The molecule has 0 bridgehead atoms. The van der Waals surface area contributed by atoms with Gasteiger partial charge in [-0.05, 0) is 84.7 Å². The van der Waals surface area contributed by atoms with Gasteiger partial charge in [-0.3, -0.25) is 4.90 Å². The first kappa shape index (κ1) is 23.3. The third-order valence-electron chi connectivity index (χ3n) is 7.22. The van der Waals surface area contributed by atoms with Crippen molar-refractivity contribution in [3.05, 3.63) is 82.2 Å². The molecule has 0 saturated carbocycles. The number of nitrogens with zero attached hydrogens (tertiary/aromatic N) is 1. The second-order valence-corrected chi connectivity index (χ2v) is 9.50. The highest BCUT2D eigenvalue weighted by Crippen LogP contribution is 2.44. The maximum Gasteiger partial charge on any atom is 0.165 e. The van der Waals surface area contributed by atoms with E-state index in [9.17, 15) is 9.50 Å². The van der Waals surface area contributed by atoms with Gasteiger partial charge in [0.15, 0.2) is 11.6 Å². The van der Waals surface area contributed by atoms with Gasteiger partial charge >= 0.3 is 0 Å². The summed E-state index contributed by atoms with van der Waals surface area (Å²) in [7, 11) is 1.65. The topological polar surface area (TPSA) is 32.7 Å². The molecule has 2 atom stereocenters. The average molecular weight is 448 g/mol. The highest BCUT2D eigenvalue weighted by molar-refractivity contribution is 5.77. The van der Waals surface area contributed by atoms with Crippen molar-refractivity contribution in [2.45, 2.75) is 59.0 Å². The predicted octanol–water partition coefficient (Wildman–Crippen LogP) is 7.32. The number of halogens is 1. The summed E-state index contributed by atoms with van der Waals surface area (Å²) in [4.78, 5) is 2.53. The Morgan fingerprint density at radius 1 is 1.03 bits per heavy atom. The normalized spacial score (nSPS) is 17.2. The first-order valence-electron chi connectivity index (χ1n) is 11.8. The molecule has 0 aliphatic carbocycles. The van der Waals surface area contributed by atoms with Crippen LogP contribution in [0.5, 0.6) is 11.5 Å². The standard InChI is InChI=1S/C29H34FNO2/c1-17(2)21-7-9-22(10-8-21)19(4)31-14-13-25-24(20(31)5)11-12-27(33-6)28(25)23-15-18(3)29(32)26(30)16-23/h7-12,15-17,19-20,32H,13-14H2,1-6H3. The van der Waals surface area contributed by atoms with Gasteiger partial charge in [-0.1, -0.05) is 44.2 Å². The minimum absolute atomic E-state index is 0.209. The van der Waals surface area contributed by atoms with Crippen LogP contribution in [0.4, 0.5) is 4.39 Å². The van der Waals surface area contributed by atoms with E-state index in [1.54, 1.807) is 14.0 Å². The van der Waals surface area contributed by atoms with Gasteiger partial charge in [0, 0.05) is 24.2 Å². The van der Waals surface area contributed by atoms with E-state index in [2.05, 4.69) is 62.9 Å². The van der Waals surface area contributed by atoms with E-state index in [1.807, 2.05) is 12.1 Å². The number of hydrogen-bond donors (Lipinski definition) is 1. The molecule has 1 aliphatic rings. The van der Waals surface area contributed by atoms with E-state index >= 15 is 0 Å². The number of aromatic hydroxyl groups is 1. The number of rotatable bonds is 5. The molecule has 1 N–H and O–H groups in total. The van der Waals surface area contributed by atoms with Crippen molar-refractivity contribution < 1.29 is 14.2 Å². The minimum Gasteiger partial charge on any atom is -0.505 e. The molecule has 3 aromatic carbocycles. The smallest absolute Gasteiger partial charge is 0.165 e. The Hall–Kier alpha value is -2.85. The molecule has 3 nitrogen and oxygen atoms in total. The predicted molar refractivity (Wildman–Crippen MR) is 133 cm³/mol. The first-order chi connectivity index (χ1) is 15.7. The Morgan fingerprint density at radius 3 is 2.30 bits per heavy atom. The lowest BCUT2D eigenvalue weighted by Crippen LogP contribution is -2.36. The largest absolute Gasteiger partial charge is 0.505 e. The molecular weight excluding hydrogens is 413 g/mol. The summed E-state index contributed by atoms with van der Waals surface area (Å²) in [5.41, 5.74) is 7.31. The molecule has 0 saturated heterocycles. The fourth-order valence-corrected chi connectivity index (χ4v) is 5.16. The zero-order valence-corrected chi connectivity index (χ0v) is 20.4. The van der Waals surface area contributed by atoms with Crippen molar-refractivity contribution in [3.63, 3.8) is 0 Å². The molecule has 1 heterocycles. The molecule has 4 heteroatoms. The number of hydrogen-bond acceptors (Lipinski definition) is 3. The molecule has 4 rings (SSSR count). The highest BCUT2D eigenvalue weighted by Gasteiger charge is 2.31. The SMILES string of the molecule is COc1ccc2c(c1-c1cc(C)c(O)c(F)c1)CCN(C(C)c1ccc(C(C)C)cc1)C2C. The zero-order valence-electron chi connectivity index (χ0n) is 20.4. The van der Waals surface area contributed by atoms with Gasteiger partial charge < -0.3 is 9.84 Å². The fourth-order valence-electron chi connectivity index (χ4n) is 5.16. The summed E-state index contributed by atoms with van der Waals surface area (Å²) < 4.78 is 20.1. The van der Waals surface area contributed by atoms with E-state index in [0.29, 0.717) is 11.5 Å². The quantitative estimate of drug-likeness (QED) is 0.445. The van der Waals surface area contributed by atoms with Crippen LogP contribution in [-0.4, -0.2) is 23.7 Å².